The number of benzene rings is 2. The van der Waals surface area contributed by atoms with E-state index in [1.807, 2.05) is 0 Å². The first-order valence-corrected chi connectivity index (χ1v) is 10.4. The second-order valence-electron chi connectivity index (χ2n) is 7.87. The highest BCUT2D eigenvalue weighted by molar-refractivity contribution is 5.92. The number of carbonyl (C=O) groups excluding carboxylic acids is 2. The number of ether oxygens (including phenoxy) is 1. The zero-order valence-electron chi connectivity index (χ0n) is 17.6. The van der Waals surface area contributed by atoms with Crippen LogP contribution < -0.4 is 0 Å². The van der Waals surface area contributed by atoms with Gasteiger partial charge in [0.2, 0.25) is 0 Å². The van der Waals surface area contributed by atoms with Gasteiger partial charge in [0.25, 0.3) is 5.91 Å². The average molecular weight is 439 g/mol. The van der Waals surface area contributed by atoms with Crippen LogP contribution in [0.2, 0.25) is 0 Å². The molecular weight excluding hydrogens is 416 g/mol. The van der Waals surface area contributed by atoms with Gasteiger partial charge < -0.3 is 14.2 Å². The molecule has 6 nitrogen and oxygen atoms in total. The lowest BCUT2D eigenvalue weighted by Crippen LogP contribution is -2.43. The van der Waals surface area contributed by atoms with Gasteiger partial charge in [0, 0.05) is 44.6 Å². The van der Waals surface area contributed by atoms with Crippen molar-refractivity contribution in [1.29, 1.82) is 0 Å². The minimum Gasteiger partial charge on any atom is -0.381 e. The van der Waals surface area contributed by atoms with E-state index in [1.54, 1.807) is 41.2 Å². The second-order valence-corrected chi connectivity index (χ2v) is 7.87. The third kappa shape index (κ3) is 4.60. The summed E-state index contributed by atoms with van der Waals surface area (Å²) in [6, 6.07) is 8.45. The summed E-state index contributed by atoms with van der Waals surface area (Å²) in [5.41, 5.74) is 1.55. The number of amides is 1. The Balaban J connectivity index is 1.67. The molecule has 1 aliphatic heterocycles. The molecule has 1 amide bonds. The predicted octanol–water partition coefficient (Wildman–Crippen LogP) is 4.00. The molecular formula is C24H23F2N3O3. The van der Waals surface area contributed by atoms with E-state index in [9.17, 15) is 18.4 Å². The highest BCUT2D eigenvalue weighted by Gasteiger charge is 2.28. The molecule has 0 spiro atoms. The van der Waals surface area contributed by atoms with Crippen LogP contribution >= 0.6 is 0 Å². The van der Waals surface area contributed by atoms with E-state index in [0.717, 1.165) is 6.07 Å². The number of aryl methyl sites for hydroxylation is 1. The van der Waals surface area contributed by atoms with Crippen molar-refractivity contribution >= 4 is 12.2 Å². The van der Waals surface area contributed by atoms with Gasteiger partial charge in [-0.1, -0.05) is 12.1 Å². The van der Waals surface area contributed by atoms with E-state index in [2.05, 4.69) is 4.98 Å². The first-order valence-electron chi connectivity index (χ1n) is 10.4. The Morgan fingerprint density at radius 3 is 2.62 bits per heavy atom. The van der Waals surface area contributed by atoms with Crippen LogP contribution in [-0.4, -0.2) is 45.9 Å². The van der Waals surface area contributed by atoms with Crippen LogP contribution in [0.3, 0.4) is 0 Å². The number of hydrogen-bond donors (Lipinski definition) is 0. The molecule has 8 heteroatoms. The Labute approximate surface area is 184 Å². The van der Waals surface area contributed by atoms with Gasteiger partial charge in [-0.25, -0.2) is 13.8 Å². The number of aromatic nitrogens is 2. The van der Waals surface area contributed by atoms with Gasteiger partial charge in [0.1, 0.15) is 17.3 Å². The topological polar surface area (TPSA) is 64.4 Å². The molecule has 1 saturated heterocycles. The first kappa shape index (κ1) is 21.8. The van der Waals surface area contributed by atoms with Gasteiger partial charge in [0.15, 0.2) is 6.29 Å². The largest absolute Gasteiger partial charge is 0.381 e. The fourth-order valence-electron chi connectivity index (χ4n) is 3.92. The summed E-state index contributed by atoms with van der Waals surface area (Å²) >= 11 is 0. The SMILES string of the molecule is Cn1cnc(C(=O)N(Cc2ccc(F)c(-c3ccc(F)c(C=O)c3)c2)C2CCOCC2)c1. The highest BCUT2D eigenvalue weighted by atomic mass is 19.1. The average Bonchev–Trinajstić information content (AvgIpc) is 3.25. The molecule has 2 aromatic carbocycles. The van der Waals surface area contributed by atoms with Gasteiger partial charge >= 0.3 is 0 Å². The molecule has 0 aliphatic carbocycles. The molecule has 1 aliphatic rings. The van der Waals surface area contributed by atoms with Crippen molar-refractivity contribution in [2.24, 2.45) is 7.05 Å². The van der Waals surface area contributed by atoms with Gasteiger partial charge in [-0.3, -0.25) is 9.59 Å². The lowest BCUT2D eigenvalue weighted by atomic mass is 9.99. The molecule has 1 aromatic heterocycles. The van der Waals surface area contributed by atoms with Gasteiger partial charge in [-0.15, -0.1) is 0 Å². The number of halogens is 2. The van der Waals surface area contributed by atoms with Crippen LogP contribution in [0.25, 0.3) is 11.1 Å². The van der Waals surface area contributed by atoms with E-state index in [-0.39, 0.29) is 29.6 Å². The Kier molecular flexibility index (Phi) is 6.41. The molecule has 0 unspecified atom stereocenters. The maximum Gasteiger partial charge on any atom is 0.274 e. The van der Waals surface area contributed by atoms with E-state index in [1.165, 1.54) is 18.2 Å². The third-order valence-corrected chi connectivity index (χ3v) is 5.63. The zero-order valence-corrected chi connectivity index (χ0v) is 17.6. The van der Waals surface area contributed by atoms with E-state index >= 15 is 0 Å². The van der Waals surface area contributed by atoms with E-state index in [4.69, 9.17) is 4.74 Å². The number of nitrogens with zero attached hydrogens (tertiary/aromatic N) is 3. The maximum atomic E-state index is 14.6. The molecule has 0 bridgehead atoms. The lowest BCUT2D eigenvalue weighted by molar-refractivity contribution is 0.0264. The van der Waals surface area contributed by atoms with Crippen LogP contribution in [0.1, 0.15) is 39.3 Å². The first-order chi connectivity index (χ1) is 15.5. The minimum atomic E-state index is -0.660. The monoisotopic (exact) mass is 439 g/mol. The van der Waals surface area contributed by atoms with Crippen molar-refractivity contribution in [2.75, 3.05) is 13.2 Å². The molecule has 2 heterocycles. The molecule has 3 aromatic rings. The summed E-state index contributed by atoms with van der Waals surface area (Å²) in [7, 11) is 1.80. The number of rotatable bonds is 6. The fraction of sp³-hybridized carbons (Fsp3) is 0.292. The van der Waals surface area contributed by atoms with Crippen LogP contribution in [-0.2, 0) is 18.3 Å². The molecule has 1 fully saturated rings. The molecule has 0 radical (unpaired) electrons. The summed E-state index contributed by atoms with van der Waals surface area (Å²) in [6.07, 6.45) is 5.05. The number of imidazole rings is 1. The van der Waals surface area contributed by atoms with E-state index < -0.39 is 11.6 Å². The van der Waals surface area contributed by atoms with Crippen molar-refractivity contribution in [3.8, 4) is 11.1 Å². The predicted molar refractivity (Wildman–Crippen MR) is 114 cm³/mol. The number of carbonyl (C=O) groups is 2. The second kappa shape index (κ2) is 9.40. The summed E-state index contributed by atoms with van der Waals surface area (Å²) in [5.74, 6) is -1.36. The van der Waals surface area contributed by atoms with Crippen molar-refractivity contribution < 1.29 is 23.1 Å². The quantitative estimate of drug-likeness (QED) is 0.545. The molecule has 0 N–H and O–H groups in total. The van der Waals surface area contributed by atoms with Crippen LogP contribution in [0.5, 0.6) is 0 Å². The standard InChI is InChI=1S/C24H23F2N3O3/c1-28-13-23(27-15-28)24(31)29(19-6-8-32-9-7-19)12-16-2-4-22(26)20(10-16)17-3-5-21(25)18(11-17)14-30/h2-5,10-11,13-15,19H,6-9,12H2,1H3. The van der Waals surface area contributed by atoms with Crippen molar-refractivity contribution in [3.63, 3.8) is 0 Å². The van der Waals surface area contributed by atoms with Crippen molar-refractivity contribution in [2.45, 2.75) is 25.4 Å². The molecule has 0 atom stereocenters. The number of hydrogen-bond acceptors (Lipinski definition) is 4. The molecule has 4 rings (SSSR count). The van der Waals surface area contributed by atoms with Crippen molar-refractivity contribution in [3.05, 3.63) is 77.4 Å². The Bertz CT molecular complexity index is 1140. The maximum absolute atomic E-state index is 14.6. The zero-order chi connectivity index (χ0) is 22.7. The fourth-order valence-corrected chi connectivity index (χ4v) is 3.92. The van der Waals surface area contributed by atoms with E-state index in [0.29, 0.717) is 49.2 Å². The summed E-state index contributed by atoms with van der Waals surface area (Å²) in [4.78, 5) is 30.3. The smallest absolute Gasteiger partial charge is 0.274 e. The van der Waals surface area contributed by atoms with Crippen molar-refractivity contribution in [1.82, 2.24) is 14.5 Å². The number of aldehydes is 1. The van der Waals surface area contributed by atoms with Crippen LogP contribution in [0, 0.1) is 11.6 Å². The van der Waals surface area contributed by atoms with Gasteiger partial charge in [-0.2, -0.15) is 0 Å². The normalized spacial score (nSPS) is 14.3. The molecule has 166 valence electrons. The summed E-state index contributed by atoms with van der Waals surface area (Å²) in [5, 5.41) is 0. The molecule has 0 saturated carbocycles. The van der Waals surface area contributed by atoms with Crippen LogP contribution in [0.4, 0.5) is 8.78 Å². The Morgan fingerprint density at radius 2 is 1.94 bits per heavy atom. The minimum absolute atomic E-state index is 0.0285. The Morgan fingerprint density at radius 1 is 1.19 bits per heavy atom. The Hall–Kier alpha value is -3.39. The summed E-state index contributed by atoms with van der Waals surface area (Å²) in [6.45, 7) is 1.39. The summed E-state index contributed by atoms with van der Waals surface area (Å²) < 4.78 is 35.5. The van der Waals surface area contributed by atoms with Gasteiger partial charge in [0.05, 0.1) is 11.9 Å². The third-order valence-electron chi connectivity index (χ3n) is 5.63. The van der Waals surface area contributed by atoms with Crippen LogP contribution in [0.15, 0.2) is 48.9 Å². The highest BCUT2D eigenvalue weighted by Crippen LogP contribution is 2.27. The van der Waals surface area contributed by atoms with Gasteiger partial charge in [-0.05, 0) is 48.2 Å². The lowest BCUT2D eigenvalue weighted by Gasteiger charge is -2.34. The molecule has 32 heavy (non-hydrogen) atoms.